The van der Waals surface area contributed by atoms with Crippen LogP contribution in [0.4, 0.5) is 18.9 Å². The van der Waals surface area contributed by atoms with Crippen LogP contribution < -0.4 is 5.32 Å². The topological polar surface area (TPSA) is 93.4 Å². The van der Waals surface area contributed by atoms with Crippen molar-refractivity contribution in [2.75, 3.05) is 11.9 Å². The Kier molecular flexibility index (Phi) is 4.34. The first-order valence-corrected chi connectivity index (χ1v) is 5.01. The van der Waals surface area contributed by atoms with Crippen LogP contribution in [0.5, 0.6) is 0 Å². The van der Waals surface area contributed by atoms with Gasteiger partial charge in [0.25, 0.3) is 0 Å². The quantitative estimate of drug-likeness (QED) is 0.772. The minimum Gasteiger partial charge on any atom is -0.480 e. The third-order valence-electron chi connectivity index (χ3n) is 2.27. The normalized spacial score (nSPS) is 12.6. The van der Waals surface area contributed by atoms with Gasteiger partial charge >= 0.3 is 12.1 Å². The molecule has 0 radical (unpaired) electrons. The van der Waals surface area contributed by atoms with Crippen LogP contribution in [0, 0.1) is 11.3 Å². The number of alkyl halides is 3. The molecule has 0 spiro atoms. The van der Waals surface area contributed by atoms with Crippen LogP contribution in [-0.4, -0.2) is 28.8 Å². The van der Waals surface area contributed by atoms with Gasteiger partial charge in [-0.05, 0) is 18.2 Å². The number of halogens is 3. The van der Waals surface area contributed by atoms with E-state index in [0.29, 0.717) is 6.07 Å². The molecule has 102 valence electrons. The number of hydrogen-bond acceptors (Lipinski definition) is 4. The number of benzene rings is 1. The van der Waals surface area contributed by atoms with Gasteiger partial charge in [0, 0.05) is 5.69 Å². The van der Waals surface area contributed by atoms with E-state index in [-0.39, 0.29) is 5.69 Å². The summed E-state index contributed by atoms with van der Waals surface area (Å²) in [4.78, 5) is 10.6. The number of carbonyl (C=O) groups is 1. The van der Waals surface area contributed by atoms with Gasteiger partial charge in [-0.1, -0.05) is 0 Å². The molecule has 1 aromatic rings. The van der Waals surface area contributed by atoms with Gasteiger partial charge in [0.2, 0.25) is 0 Å². The first-order valence-electron chi connectivity index (χ1n) is 5.01. The van der Waals surface area contributed by atoms with Gasteiger partial charge < -0.3 is 15.5 Å². The minimum atomic E-state index is -4.72. The van der Waals surface area contributed by atoms with E-state index in [1.165, 1.54) is 6.07 Å². The average molecular weight is 274 g/mol. The molecule has 0 aliphatic carbocycles. The summed E-state index contributed by atoms with van der Waals surface area (Å²) in [5, 5.41) is 28.3. The largest absolute Gasteiger partial charge is 0.480 e. The van der Waals surface area contributed by atoms with Crippen LogP contribution in [0.3, 0.4) is 0 Å². The summed E-state index contributed by atoms with van der Waals surface area (Å²) in [6, 6.07) is 2.68. The van der Waals surface area contributed by atoms with Gasteiger partial charge in [0.1, 0.15) is 6.04 Å². The molecule has 3 N–H and O–H groups in total. The molecule has 0 amide bonds. The molecule has 0 fully saturated rings. The standard InChI is InChI=1S/C11H9F3N2O3/c12-11(13,14)8-3-7(2-1-6(8)4-15)16-9(5-17)10(18)19/h1-3,9,16-17H,5H2,(H,18,19). The van der Waals surface area contributed by atoms with Crippen molar-refractivity contribution in [2.45, 2.75) is 12.2 Å². The van der Waals surface area contributed by atoms with Gasteiger partial charge in [-0.15, -0.1) is 0 Å². The third-order valence-corrected chi connectivity index (χ3v) is 2.27. The van der Waals surface area contributed by atoms with Crippen LogP contribution in [0.15, 0.2) is 18.2 Å². The Labute approximate surface area is 105 Å². The highest BCUT2D eigenvalue weighted by molar-refractivity contribution is 5.77. The summed E-state index contributed by atoms with van der Waals surface area (Å²) < 4.78 is 37.9. The number of aliphatic carboxylic acids is 1. The Bertz CT molecular complexity index is 523. The van der Waals surface area contributed by atoms with Crippen molar-refractivity contribution in [3.8, 4) is 6.07 Å². The number of nitriles is 1. The third kappa shape index (κ3) is 3.59. The molecule has 0 saturated carbocycles. The van der Waals surface area contributed by atoms with Crippen LogP contribution >= 0.6 is 0 Å². The maximum absolute atomic E-state index is 12.6. The van der Waals surface area contributed by atoms with E-state index in [1.807, 2.05) is 0 Å². The van der Waals surface area contributed by atoms with Crippen LogP contribution in [0.2, 0.25) is 0 Å². The lowest BCUT2D eigenvalue weighted by atomic mass is 10.1. The predicted molar refractivity (Wildman–Crippen MR) is 58.3 cm³/mol. The van der Waals surface area contributed by atoms with E-state index >= 15 is 0 Å². The molecule has 0 saturated heterocycles. The molecule has 5 nitrogen and oxygen atoms in total. The molecule has 19 heavy (non-hydrogen) atoms. The van der Waals surface area contributed by atoms with E-state index in [4.69, 9.17) is 15.5 Å². The molecule has 0 aromatic heterocycles. The summed E-state index contributed by atoms with van der Waals surface area (Å²) >= 11 is 0. The SMILES string of the molecule is N#Cc1ccc(NC(CO)C(=O)O)cc1C(F)(F)F. The van der Waals surface area contributed by atoms with Crippen molar-refractivity contribution >= 4 is 11.7 Å². The molecule has 1 unspecified atom stereocenters. The Morgan fingerprint density at radius 3 is 2.53 bits per heavy atom. The van der Waals surface area contributed by atoms with E-state index in [1.54, 1.807) is 0 Å². The van der Waals surface area contributed by atoms with E-state index in [9.17, 15) is 18.0 Å². The Morgan fingerprint density at radius 1 is 1.47 bits per heavy atom. The van der Waals surface area contributed by atoms with Crippen molar-refractivity contribution < 1.29 is 28.2 Å². The molecule has 0 aliphatic heterocycles. The number of hydrogen-bond donors (Lipinski definition) is 3. The molecule has 1 rings (SSSR count). The zero-order chi connectivity index (χ0) is 14.6. The molecule has 0 aliphatic rings. The van der Waals surface area contributed by atoms with Crippen molar-refractivity contribution in [3.05, 3.63) is 29.3 Å². The highest BCUT2D eigenvalue weighted by Crippen LogP contribution is 2.33. The van der Waals surface area contributed by atoms with Crippen molar-refractivity contribution in [1.82, 2.24) is 0 Å². The minimum absolute atomic E-state index is 0.146. The molecule has 1 aromatic carbocycles. The molecule has 1 atom stereocenters. The highest BCUT2D eigenvalue weighted by atomic mass is 19.4. The second-order valence-corrected chi connectivity index (χ2v) is 3.59. The van der Waals surface area contributed by atoms with Gasteiger partial charge in [-0.25, -0.2) is 4.79 Å². The lowest BCUT2D eigenvalue weighted by Gasteiger charge is -2.15. The summed E-state index contributed by atoms with van der Waals surface area (Å²) in [6.45, 7) is -0.781. The highest BCUT2D eigenvalue weighted by Gasteiger charge is 2.34. The number of aliphatic hydroxyl groups is 1. The second kappa shape index (κ2) is 5.58. The van der Waals surface area contributed by atoms with E-state index < -0.39 is 35.9 Å². The molecular formula is C11H9F3N2O3. The number of aliphatic hydroxyl groups excluding tert-OH is 1. The molecular weight excluding hydrogens is 265 g/mol. The molecule has 8 heteroatoms. The fraction of sp³-hybridized carbons (Fsp3) is 0.273. The van der Waals surface area contributed by atoms with Crippen molar-refractivity contribution in [3.63, 3.8) is 0 Å². The maximum atomic E-state index is 12.6. The molecule has 0 bridgehead atoms. The van der Waals surface area contributed by atoms with Crippen LogP contribution in [0.1, 0.15) is 11.1 Å². The Morgan fingerprint density at radius 2 is 2.11 bits per heavy atom. The average Bonchev–Trinajstić information content (AvgIpc) is 2.34. The smallest absolute Gasteiger partial charge is 0.417 e. The van der Waals surface area contributed by atoms with Crippen LogP contribution in [-0.2, 0) is 11.0 Å². The number of rotatable bonds is 4. The number of anilines is 1. The number of nitrogens with one attached hydrogen (secondary N) is 1. The summed E-state index contributed by atoms with van der Waals surface area (Å²) in [6.07, 6.45) is -4.72. The first kappa shape index (κ1) is 14.8. The summed E-state index contributed by atoms with van der Waals surface area (Å²) in [5.74, 6) is -1.40. The Balaban J connectivity index is 3.13. The summed E-state index contributed by atoms with van der Waals surface area (Å²) in [5.41, 5.74) is -1.87. The fourth-order valence-electron chi connectivity index (χ4n) is 1.35. The zero-order valence-corrected chi connectivity index (χ0v) is 9.40. The van der Waals surface area contributed by atoms with Gasteiger partial charge in [0.05, 0.1) is 23.8 Å². The van der Waals surface area contributed by atoms with Crippen molar-refractivity contribution in [1.29, 1.82) is 5.26 Å². The Hall–Kier alpha value is -2.27. The van der Waals surface area contributed by atoms with Crippen molar-refractivity contribution in [2.24, 2.45) is 0 Å². The van der Waals surface area contributed by atoms with Gasteiger partial charge in [0.15, 0.2) is 0 Å². The maximum Gasteiger partial charge on any atom is 0.417 e. The van der Waals surface area contributed by atoms with Gasteiger partial charge in [-0.2, -0.15) is 18.4 Å². The predicted octanol–water partition coefficient (Wildman–Crippen LogP) is 1.43. The zero-order valence-electron chi connectivity index (χ0n) is 9.40. The number of nitrogens with zero attached hydrogens (tertiary/aromatic N) is 1. The lowest BCUT2D eigenvalue weighted by molar-refractivity contribution is -0.139. The molecule has 0 heterocycles. The first-order chi connectivity index (χ1) is 8.79. The number of carboxylic acid groups (broad SMARTS) is 1. The van der Waals surface area contributed by atoms with Crippen LogP contribution in [0.25, 0.3) is 0 Å². The van der Waals surface area contributed by atoms with E-state index in [2.05, 4.69) is 5.32 Å². The fourth-order valence-corrected chi connectivity index (χ4v) is 1.35. The summed E-state index contributed by atoms with van der Waals surface area (Å²) in [7, 11) is 0. The number of carboxylic acids is 1. The lowest BCUT2D eigenvalue weighted by Crippen LogP contribution is -2.32. The van der Waals surface area contributed by atoms with Gasteiger partial charge in [-0.3, -0.25) is 0 Å². The second-order valence-electron chi connectivity index (χ2n) is 3.59. The monoisotopic (exact) mass is 274 g/mol. The van der Waals surface area contributed by atoms with E-state index in [0.717, 1.165) is 12.1 Å².